The van der Waals surface area contributed by atoms with Gasteiger partial charge in [-0.3, -0.25) is 9.59 Å². The molecule has 1 atom stereocenters. The molecule has 7 nitrogen and oxygen atoms in total. The molecule has 0 spiro atoms. The van der Waals surface area contributed by atoms with Gasteiger partial charge in [-0.05, 0) is 18.9 Å². The summed E-state index contributed by atoms with van der Waals surface area (Å²) in [5.74, 6) is -0.866. The normalized spacial score (nSPS) is 15.7. The van der Waals surface area contributed by atoms with Crippen LogP contribution in [-0.4, -0.2) is 33.8 Å². The monoisotopic (exact) mass is 435 g/mol. The molecule has 1 aliphatic rings. The van der Waals surface area contributed by atoms with E-state index in [9.17, 15) is 14.4 Å². The van der Waals surface area contributed by atoms with E-state index in [4.69, 9.17) is 4.74 Å². The highest BCUT2D eigenvalue weighted by Crippen LogP contribution is 2.31. The van der Waals surface area contributed by atoms with Crippen LogP contribution < -0.4 is 5.32 Å². The van der Waals surface area contributed by atoms with E-state index in [2.05, 4.69) is 10.3 Å². The molecular weight excluding hydrogens is 414 g/mol. The van der Waals surface area contributed by atoms with Gasteiger partial charge in [-0.2, -0.15) is 0 Å². The number of hydrogen-bond donors (Lipinski definition) is 1. The van der Waals surface area contributed by atoms with Crippen molar-refractivity contribution < 1.29 is 19.1 Å². The summed E-state index contributed by atoms with van der Waals surface area (Å²) in [5, 5.41) is 3.19. The van der Waals surface area contributed by atoms with Gasteiger partial charge < -0.3 is 10.1 Å². The molecule has 0 aliphatic carbocycles. The van der Waals surface area contributed by atoms with E-state index in [0.29, 0.717) is 5.13 Å². The van der Waals surface area contributed by atoms with Crippen molar-refractivity contribution in [2.45, 2.75) is 32.4 Å². The van der Waals surface area contributed by atoms with Crippen LogP contribution in [0.15, 0.2) is 60.7 Å². The van der Waals surface area contributed by atoms with E-state index >= 15 is 0 Å². The molecular formula is C23H21N3O4S. The fourth-order valence-corrected chi connectivity index (χ4v) is 4.29. The van der Waals surface area contributed by atoms with Crippen LogP contribution >= 0.6 is 11.3 Å². The number of carbonyl (C=O) groups is 3. The van der Waals surface area contributed by atoms with E-state index in [1.54, 1.807) is 0 Å². The number of hydrogen-bond acceptors (Lipinski definition) is 6. The molecule has 1 N–H and O–H groups in total. The molecule has 0 unspecified atom stereocenters. The minimum atomic E-state index is -0.917. The minimum absolute atomic E-state index is 0.0316. The highest BCUT2D eigenvalue weighted by Gasteiger charge is 2.41. The van der Waals surface area contributed by atoms with Crippen LogP contribution in [0, 0.1) is 6.92 Å². The lowest BCUT2D eigenvalue weighted by Crippen LogP contribution is -2.45. The maximum atomic E-state index is 12.9. The van der Waals surface area contributed by atoms with E-state index in [-0.39, 0.29) is 19.4 Å². The van der Waals surface area contributed by atoms with Gasteiger partial charge in [0, 0.05) is 16.9 Å². The summed E-state index contributed by atoms with van der Waals surface area (Å²) < 4.78 is 5.27. The average molecular weight is 436 g/mol. The molecule has 0 radical (unpaired) electrons. The smallest absolute Gasteiger partial charge is 0.417 e. The Kier molecular flexibility index (Phi) is 6.08. The first-order valence-corrected chi connectivity index (χ1v) is 10.7. The first kappa shape index (κ1) is 20.7. The van der Waals surface area contributed by atoms with Crippen LogP contribution in [0.25, 0.3) is 11.3 Å². The van der Waals surface area contributed by atoms with Gasteiger partial charge in [0.05, 0.1) is 5.69 Å². The first-order chi connectivity index (χ1) is 15.0. The van der Waals surface area contributed by atoms with Crippen LogP contribution in [0.5, 0.6) is 0 Å². The van der Waals surface area contributed by atoms with Crippen LogP contribution in [0.1, 0.15) is 23.3 Å². The summed E-state index contributed by atoms with van der Waals surface area (Å²) in [5.41, 5.74) is 2.55. The third kappa shape index (κ3) is 4.64. The lowest BCUT2D eigenvalue weighted by Gasteiger charge is -2.21. The Bertz CT molecular complexity index is 1100. The molecule has 2 aromatic carbocycles. The number of likely N-dealkylation sites (tertiary alicyclic amines) is 1. The molecule has 0 bridgehead atoms. The zero-order valence-electron chi connectivity index (χ0n) is 16.9. The second-order valence-electron chi connectivity index (χ2n) is 7.14. The highest BCUT2D eigenvalue weighted by molar-refractivity contribution is 7.16. The van der Waals surface area contributed by atoms with Crippen molar-refractivity contribution in [3.8, 4) is 11.3 Å². The zero-order chi connectivity index (χ0) is 21.8. The molecule has 4 rings (SSSR count). The van der Waals surface area contributed by atoms with Crippen molar-refractivity contribution in [2.24, 2.45) is 0 Å². The number of nitrogens with one attached hydrogen (secondary N) is 1. The average Bonchev–Trinajstić information content (AvgIpc) is 3.35. The zero-order valence-corrected chi connectivity index (χ0v) is 17.7. The number of benzene rings is 2. The number of aromatic nitrogens is 1. The molecule has 3 aromatic rings. The topological polar surface area (TPSA) is 88.6 Å². The Balaban J connectivity index is 1.44. The van der Waals surface area contributed by atoms with Gasteiger partial charge in [-0.15, -0.1) is 11.3 Å². The summed E-state index contributed by atoms with van der Waals surface area (Å²) in [4.78, 5) is 44.1. The predicted molar refractivity (Wildman–Crippen MR) is 117 cm³/mol. The van der Waals surface area contributed by atoms with Gasteiger partial charge in [-0.1, -0.05) is 60.7 Å². The number of carbonyl (C=O) groups excluding carboxylic acids is 3. The largest absolute Gasteiger partial charge is 0.444 e. The van der Waals surface area contributed by atoms with Gasteiger partial charge >= 0.3 is 6.09 Å². The van der Waals surface area contributed by atoms with Gasteiger partial charge in [0.2, 0.25) is 11.8 Å². The maximum Gasteiger partial charge on any atom is 0.417 e. The molecule has 1 fully saturated rings. The quantitative estimate of drug-likeness (QED) is 0.642. The maximum absolute atomic E-state index is 12.9. The van der Waals surface area contributed by atoms with Crippen molar-refractivity contribution in [1.82, 2.24) is 9.88 Å². The SMILES string of the molecule is Cc1sc(NC(=O)[C@H]2CCC(=O)N2C(=O)OCc2ccccc2)nc1-c1ccccc1. The Labute approximate surface area is 183 Å². The molecule has 1 saturated heterocycles. The van der Waals surface area contributed by atoms with E-state index < -0.39 is 23.9 Å². The molecule has 2 heterocycles. The van der Waals surface area contributed by atoms with Crippen molar-refractivity contribution >= 4 is 34.4 Å². The van der Waals surface area contributed by atoms with Crippen LogP contribution in [0.4, 0.5) is 9.93 Å². The number of aryl methyl sites for hydroxylation is 1. The molecule has 0 saturated carbocycles. The summed E-state index contributed by atoms with van der Waals surface area (Å²) in [6, 6.07) is 17.9. The molecule has 1 aliphatic heterocycles. The predicted octanol–water partition coefficient (Wildman–Crippen LogP) is 4.38. The van der Waals surface area contributed by atoms with Crippen LogP contribution in [0.3, 0.4) is 0 Å². The number of rotatable bonds is 5. The molecule has 158 valence electrons. The summed E-state index contributed by atoms with van der Waals surface area (Å²) in [6.45, 7) is 1.96. The first-order valence-electron chi connectivity index (χ1n) is 9.89. The Morgan fingerprint density at radius 2 is 1.81 bits per heavy atom. The number of imide groups is 1. The van der Waals surface area contributed by atoms with Gasteiger partial charge in [0.15, 0.2) is 5.13 Å². The number of amides is 3. The van der Waals surface area contributed by atoms with Crippen LogP contribution in [-0.2, 0) is 20.9 Å². The molecule has 1 aromatic heterocycles. The van der Waals surface area contributed by atoms with Crippen molar-refractivity contribution in [2.75, 3.05) is 5.32 Å². The standard InChI is InChI=1S/C23H21N3O4S/c1-15-20(17-10-6-3-7-11-17)24-22(31-15)25-21(28)18-12-13-19(27)26(18)23(29)30-14-16-8-4-2-5-9-16/h2-11,18H,12-14H2,1H3,(H,24,25,28)/t18-/m1/s1. The fraction of sp³-hybridized carbons (Fsp3) is 0.217. The summed E-state index contributed by atoms with van der Waals surface area (Å²) >= 11 is 1.35. The lowest BCUT2D eigenvalue weighted by atomic mass is 10.1. The minimum Gasteiger partial charge on any atom is -0.444 e. The van der Waals surface area contributed by atoms with Gasteiger partial charge in [0.25, 0.3) is 0 Å². The Morgan fingerprint density at radius 3 is 2.52 bits per heavy atom. The van der Waals surface area contributed by atoms with Gasteiger partial charge in [-0.25, -0.2) is 14.7 Å². The van der Waals surface area contributed by atoms with Crippen molar-refractivity contribution in [3.63, 3.8) is 0 Å². The van der Waals surface area contributed by atoms with Crippen LogP contribution in [0.2, 0.25) is 0 Å². The van der Waals surface area contributed by atoms with Gasteiger partial charge in [0.1, 0.15) is 12.6 Å². The third-order valence-corrected chi connectivity index (χ3v) is 5.88. The Morgan fingerprint density at radius 1 is 1.13 bits per heavy atom. The number of ether oxygens (including phenoxy) is 1. The number of anilines is 1. The summed E-state index contributed by atoms with van der Waals surface area (Å²) in [7, 11) is 0. The fourth-order valence-electron chi connectivity index (χ4n) is 3.45. The molecule has 31 heavy (non-hydrogen) atoms. The molecule has 8 heteroatoms. The lowest BCUT2D eigenvalue weighted by molar-refractivity contribution is -0.131. The Hall–Kier alpha value is -3.52. The van der Waals surface area contributed by atoms with Crippen molar-refractivity contribution in [1.29, 1.82) is 0 Å². The van der Waals surface area contributed by atoms with E-state index in [0.717, 1.165) is 26.6 Å². The second kappa shape index (κ2) is 9.09. The van der Waals surface area contributed by atoms with E-state index in [1.165, 1.54) is 11.3 Å². The summed E-state index contributed by atoms with van der Waals surface area (Å²) in [6.07, 6.45) is -0.446. The highest BCUT2D eigenvalue weighted by atomic mass is 32.1. The number of thiazole rings is 1. The third-order valence-electron chi connectivity index (χ3n) is 4.99. The van der Waals surface area contributed by atoms with E-state index in [1.807, 2.05) is 67.6 Å². The number of nitrogens with zero attached hydrogens (tertiary/aromatic N) is 2. The second-order valence-corrected chi connectivity index (χ2v) is 8.34. The van der Waals surface area contributed by atoms with Crippen molar-refractivity contribution in [3.05, 3.63) is 71.1 Å². The molecule has 3 amide bonds.